The zero-order chi connectivity index (χ0) is 15.4. The molecule has 0 unspecified atom stereocenters. The molecule has 1 aromatic carbocycles. The fourth-order valence-electron chi connectivity index (χ4n) is 1.88. The molecule has 0 aliphatic carbocycles. The van der Waals surface area contributed by atoms with Crippen LogP contribution in [-0.4, -0.2) is 16.1 Å². The van der Waals surface area contributed by atoms with Gasteiger partial charge < -0.3 is 0 Å². The van der Waals surface area contributed by atoms with Crippen molar-refractivity contribution in [3.8, 4) is 0 Å². The lowest BCUT2D eigenvalue weighted by atomic mass is 10.1. The van der Waals surface area contributed by atoms with Gasteiger partial charge >= 0.3 is 0 Å². The third-order valence-corrected chi connectivity index (χ3v) is 4.61. The summed E-state index contributed by atoms with van der Waals surface area (Å²) in [6.07, 6.45) is 2.13. The lowest BCUT2D eigenvalue weighted by Crippen LogP contribution is -2.12. The highest BCUT2D eigenvalue weighted by atomic mass is 35.5. The third kappa shape index (κ3) is 4.15. The molecular weight excluding hydrogens is 329 g/mol. The molecule has 21 heavy (non-hydrogen) atoms. The number of nitrogens with one attached hydrogen (secondary N) is 1. The van der Waals surface area contributed by atoms with Crippen LogP contribution in [0.2, 0.25) is 10.0 Å². The molecule has 0 bridgehead atoms. The van der Waals surface area contributed by atoms with Crippen molar-refractivity contribution in [2.45, 2.75) is 32.6 Å². The highest BCUT2D eigenvalue weighted by Crippen LogP contribution is 2.27. The Morgan fingerprint density at radius 3 is 2.86 bits per heavy atom. The highest BCUT2D eigenvalue weighted by molar-refractivity contribution is 7.15. The predicted octanol–water partition coefficient (Wildman–Crippen LogP) is 5.00. The zero-order valence-corrected chi connectivity index (χ0v) is 14.0. The second kappa shape index (κ2) is 7.20. The fourth-order valence-corrected chi connectivity index (χ4v) is 3.08. The van der Waals surface area contributed by atoms with Crippen LogP contribution in [0.3, 0.4) is 0 Å². The van der Waals surface area contributed by atoms with Gasteiger partial charge in [0, 0.05) is 10.9 Å². The molecule has 112 valence electrons. The SMILES string of the molecule is CCC[C@H](C)c1nnc(NC(=O)c2cc(Cl)ccc2Cl)s1. The summed E-state index contributed by atoms with van der Waals surface area (Å²) in [5.41, 5.74) is 0.322. The maximum atomic E-state index is 12.2. The Hall–Kier alpha value is -1.17. The van der Waals surface area contributed by atoms with Crippen molar-refractivity contribution in [3.05, 3.63) is 38.8 Å². The van der Waals surface area contributed by atoms with E-state index in [1.54, 1.807) is 12.1 Å². The fraction of sp³-hybridized carbons (Fsp3) is 0.357. The maximum Gasteiger partial charge on any atom is 0.259 e. The number of rotatable bonds is 5. The Labute approximate surface area is 137 Å². The second-order valence-corrected chi connectivity index (χ2v) is 6.57. The van der Waals surface area contributed by atoms with Crippen molar-refractivity contribution >= 4 is 45.6 Å². The van der Waals surface area contributed by atoms with Crippen LogP contribution in [0.25, 0.3) is 0 Å². The van der Waals surface area contributed by atoms with Gasteiger partial charge in [-0.15, -0.1) is 10.2 Å². The summed E-state index contributed by atoms with van der Waals surface area (Å²) >= 11 is 13.3. The van der Waals surface area contributed by atoms with Gasteiger partial charge in [-0.05, 0) is 24.6 Å². The molecule has 1 N–H and O–H groups in total. The van der Waals surface area contributed by atoms with Crippen LogP contribution in [0.1, 0.15) is 48.0 Å². The molecule has 2 aromatic rings. The van der Waals surface area contributed by atoms with Crippen molar-refractivity contribution in [3.63, 3.8) is 0 Å². The van der Waals surface area contributed by atoms with E-state index in [2.05, 4.69) is 29.4 Å². The highest BCUT2D eigenvalue weighted by Gasteiger charge is 2.16. The second-order valence-electron chi connectivity index (χ2n) is 4.71. The minimum Gasteiger partial charge on any atom is -0.296 e. The van der Waals surface area contributed by atoms with E-state index in [9.17, 15) is 4.79 Å². The van der Waals surface area contributed by atoms with E-state index in [0.717, 1.165) is 17.8 Å². The number of hydrogen-bond donors (Lipinski definition) is 1. The van der Waals surface area contributed by atoms with Crippen LogP contribution in [0.4, 0.5) is 5.13 Å². The minimum absolute atomic E-state index is 0.322. The van der Waals surface area contributed by atoms with Crippen molar-refractivity contribution < 1.29 is 4.79 Å². The Bertz CT molecular complexity index is 645. The number of hydrogen-bond acceptors (Lipinski definition) is 4. The summed E-state index contributed by atoms with van der Waals surface area (Å²) in [4.78, 5) is 12.2. The number of aromatic nitrogens is 2. The number of amides is 1. The van der Waals surface area contributed by atoms with Crippen LogP contribution in [0, 0.1) is 0 Å². The van der Waals surface area contributed by atoms with E-state index in [4.69, 9.17) is 23.2 Å². The lowest BCUT2D eigenvalue weighted by molar-refractivity contribution is 0.102. The summed E-state index contributed by atoms with van der Waals surface area (Å²) in [5, 5.41) is 13.0. The predicted molar refractivity (Wildman–Crippen MR) is 87.6 cm³/mol. The van der Waals surface area contributed by atoms with E-state index in [0.29, 0.717) is 26.7 Å². The molecule has 4 nitrogen and oxygen atoms in total. The third-order valence-electron chi connectivity index (χ3n) is 2.98. The topological polar surface area (TPSA) is 54.9 Å². The molecule has 0 radical (unpaired) electrons. The first-order valence-corrected chi connectivity index (χ1v) is 8.18. The van der Waals surface area contributed by atoms with E-state index < -0.39 is 0 Å². The van der Waals surface area contributed by atoms with Crippen LogP contribution in [-0.2, 0) is 0 Å². The average molecular weight is 344 g/mol. The van der Waals surface area contributed by atoms with Gasteiger partial charge in [-0.3, -0.25) is 10.1 Å². The molecule has 1 heterocycles. The summed E-state index contributed by atoms with van der Waals surface area (Å²) in [5.74, 6) is 0.00116. The van der Waals surface area contributed by atoms with Gasteiger partial charge in [0.1, 0.15) is 5.01 Å². The number of nitrogens with zero attached hydrogens (tertiary/aromatic N) is 2. The Morgan fingerprint density at radius 2 is 2.14 bits per heavy atom. The van der Waals surface area contributed by atoms with Gasteiger partial charge in [0.15, 0.2) is 0 Å². The quantitative estimate of drug-likeness (QED) is 0.830. The maximum absolute atomic E-state index is 12.2. The van der Waals surface area contributed by atoms with Crippen molar-refractivity contribution in [1.82, 2.24) is 10.2 Å². The molecule has 1 aromatic heterocycles. The van der Waals surface area contributed by atoms with Gasteiger partial charge in [0.2, 0.25) is 5.13 Å². The number of halogens is 2. The first kappa shape index (κ1) is 16.2. The number of carbonyl (C=O) groups is 1. The van der Waals surface area contributed by atoms with Crippen molar-refractivity contribution in [2.75, 3.05) is 5.32 Å². The molecular formula is C14H15Cl2N3OS. The standard InChI is InChI=1S/C14H15Cl2N3OS/c1-3-4-8(2)13-18-19-14(21-13)17-12(20)10-7-9(15)5-6-11(10)16/h5-8H,3-4H2,1-2H3,(H,17,19,20)/t8-/m0/s1. The number of carbonyl (C=O) groups excluding carboxylic acids is 1. The first-order valence-electron chi connectivity index (χ1n) is 6.61. The van der Waals surface area contributed by atoms with Crippen LogP contribution < -0.4 is 5.32 Å². The van der Waals surface area contributed by atoms with Gasteiger partial charge in [0.25, 0.3) is 5.91 Å². The van der Waals surface area contributed by atoms with Gasteiger partial charge in [0.05, 0.1) is 10.6 Å². The molecule has 0 aliphatic heterocycles. The van der Waals surface area contributed by atoms with Crippen LogP contribution in [0.5, 0.6) is 0 Å². The summed E-state index contributed by atoms with van der Waals surface area (Å²) in [6, 6.07) is 4.75. The molecule has 1 atom stereocenters. The van der Waals surface area contributed by atoms with Gasteiger partial charge in [-0.25, -0.2) is 0 Å². The number of benzene rings is 1. The largest absolute Gasteiger partial charge is 0.296 e. The van der Waals surface area contributed by atoms with Gasteiger partial charge in [-0.2, -0.15) is 0 Å². The van der Waals surface area contributed by atoms with Crippen molar-refractivity contribution in [2.24, 2.45) is 0 Å². The van der Waals surface area contributed by atoms with Crippen LogP contribution in [0.15, 0.2) is 18.2 Å². The molecule has 0 aliphatic rings. The smallest absolute Gasteiger partial charge is 0.259 e. The Kier molecular flexibility index (Phi) is 5.56. The molecule has 0 spiro atoms. The van der Waals surface area contributed by atoms with Crippen molar-refractivity contribution in [1.29, 1.82) is 0 Å². The van der Waals surface area contributed by atoms with E-state index in [-0.39, 0.29) is 5.91 Å². The molecule has 7 heteroatoms. The van der Waals surface area contributed by atoms with Crippen LogP contribution >= 0.6 is 34.5 Å². The van der Waals surface area contributed by atoms with E-state index in [1.807, 2.05) is 0 Å². The summed E-state index contributed by atoms with van der Waals surface area (Å²) in [7, 11) is 0. The minimum atomic E-state index is -0.339. The first-order chi connectivity index (χ1) is 10.0. The van der Waals surface area contributed by atoms with E-state index in [1.165, 1.54) is 17.4 Å². The zero-order valence-electron chi connectivity index (χ0n) is 11.7. The average Bonchev–Trinajstić information content (AvgIpc) is 2.90. The molecule has 0 fully saturated rings. The number of anilines is 1. The molecule has 2 rings (SSSR count). The monoisotopic (exact) mass is 343 g/mol. The molecule has 0 saturated carbocycles. The van der Waals surface area contributed by atoms with Gasteiger partial charge in [-0.1, -0.05) is 54.8 Å². The Balaban J connectivity index is 2.11. The van der Waals surface area contributed by atoms with E-state index >= 15 is 0 Å². The summed E-state index contributed by atoms with van der Waals surface area (Å²) in [6.45, 7) is 4.23. The molecule has 0 saturated heterocycles. The summed E-state index contributed by atoms with van der Waals surface area (Å²) < 4.78 is 0. The normalized spacial score (nSPS) is 12.2. The lowest BCUT2D eigenvalue weighted by Gasteiger charge is -2.04. The molecule has 1 amide bonds. The Morgan fingerprint density at radius 1 is 1.38 bits per heavy atom.